The fourth-order valence-electron chi connectivity index (χ4n) is 4.58. The fraction of sp³-hybridized carbons (Fsp3) is 0.241. The second-order valence-electron chi connectivity index (χ2n) is 8.83. The maximum Gasteiger partial charge on any atom is 0.337 e. The number of rotatable bonds is 6. The van der Waals surface area contributed by atoms with Gasteiger partial charge in [0.2, 0.25) is 5.78 Å². The number of fused-ring (bicyclic) bond motifs is 2. The second-order valence-corrected chi connectivity index (χ2v) is 8.83. The van der Waals surface area contributed by atoms with Crippen molar-refractivity contribution >= 4 is 17.8 Å². The van der Waals surface area contributed by atoms with Crippen molar-refractivity contribution in [2.24, 2.45) is 0 Å². The van der Waals surface area contributed by atoms with E-state index in [-0.39, 0.29) is 11.5 Å². The fourth-order valence-corrected chi connectivity index (χ4v) is 4.58. The highest BCUT2D eigenvalue weighted by atomic mass is 16.5. The molecule has 0 spiro atoms. The second kappa shape index (κ2) is 9.76. The molecular formula is C29H27NO5. The van der Waals surface area contributed by atoms with Crippen LogP contribution in [0.25, 0.3) is 6.08 Å². The topological polar surface area (TPSA) is 65.1 Å². The van der Waals surface area contributed by atoms with Crippen LogP contribution >= 0.6 is 0 Å². The van der Waals surface area contributed by atoms with Crippen molar-refractivity contribution in [3.63, 3.8) is 0 Å². The largest absolute Gasteiger partial charge is 0.477 e. The molecule has 3 aromatic carbocycles. The molecule has 0 bridgehead atoms. The van der Waals surface area contributed by atoms with Gasteiger partial charge in [-0.3, -0.25) is 9.69 Å². The van der Waals surface area contributed by atoms with Crippen molar-refractivity contribution in [1.29, 1.82) is 0 Å². The number of hydrogen-bond donors (Lipinski definition) is 0. The van der Waals surface area contributed by atoms with Crippen LogP contribution in [-0.4, -0.2) is 37.0 Å². The zero-order valence-corrected chi connectivity index (χ0v) is 19.9. The van der Waals surface area contributed by atoms with Gasteiger partial charge < -0.3 is 14.2 Å². The van der Waals surface area contributed by atoms with Gasteiger partial charge in [-0.05, 0) is 55.2 Å². The van der Waals surface area contributed by atoms with Gasteiger partial charge in [0.1, 0.15) is 18.2 Å². The maximum absolute atomic E-state index is 13.1. The average Bonchev–Trinajstić information content (AvgIpc) is 3.20. The zero-order chi connectivity index (χ0) is 24.4. The Kier molecular flexibility index (Phi) is 6.38. The molecular weight excluding hydrogens is 442 g/mol. The molecule has 0 aromatic heterocycles. The van der Waals surface area contributed by atoms with Crippen molar-refractivity contribution in [3.05, 3.63) is 99.8 Å². The number of aryl methyl sites for hydroxylation is 1. The highest BCUT2D eigenvalue weighted by Gasteiger charge is 2.33. The van der Waals surface area contributed by atoms with E-state index in [4.69, 9.17) is 14.2 Å². The van der Waals surface area contributed by atoms with Crippen LogP contribution in [0.4, 0.5) is 0 Å². The van der Waals surface area contributed by atoms with Crippen LogP contribution in [0.1, 0.15) is 49.4 Å². The maximum atomic E-state index is 13.1. The monoisotopic (exact) mass is 469 g/mol. The van der Waals surface area contributed by atoms with E-state index in [1.165, 1.54) is 12.7 Å². The summed E-state index contributed by atoms with van der Waals surface area (Å²) in [7, 11) is 1.34. The molecule has 0 fully saturated rings. The first-order valence-electron chi connectivity index (χ1n) is 11.7. The molecule has 6 nitrogen and oxygen atoms in total. The lowest BCUT2D eigenvalue weighted by atomic mass is 9.99. The van der Waals surface area contributed by atoms with Crippen LogP contribution in [0, 0.1) is 6.92 Å². The van der Waals surface area contributed by atoms with Crippen molar-refractivity contribution in [1.82, 2.24) is 4.90 Å². The summed E-state index contributed by atoms with van der Waals surface area (Å²) in [6.45, 7) is 4.11. The highest BCUT2D eigenvalue weighted by Crippen LogP contribution is 2.43. The van der Waals surface area contributed by atoms with Crippen molar-refractivity contribution < 1.29 is 23.8 Å². The van der Waals surface area contributed by atoms with Crippen LogP contribution in [0.15, 0.2) is 66.4 Å². The summed E-state index contributed by atoms with van der Waals surface area (Å²) in [5.74, 6) is 1.07. The number of methoxy groups -OCH3 is 1. The number of nitrogens with zero attached hydrogens (tertiary/aromatic N) is 1. The Labute approximate surface area is 204 Å². The lowest BCUT2D eigenvalue weighted by Gasteiger charge is -2.30. The molecule has 35 heavy (non-hydrogen) atoms. The zero-order valence-electron chi connectivity index (χ0n) is 19.9. The molecule has 0 N–H and O–H groups in total. The summed E-state index contributed by atoms with van der Waals surface area (Å²) in [6, 6.07) is 19.2. The minimum absolute atomic E-state index is 0.149. The smallest absolute Gasteiger partial charge is 0.337 e. The molecule has 6 heteroatoms. The van der Waals surface area contributed by atoms with Gasteiger partial charge >= 0.3 is 5.97 Å². The standard InChI is InChI=1S/C29H27NO5/c1-19-27-23(17-30(18-34-27)14-6-9-20-7-4-3-5-8-20)16-24-26(31)25(35-28(19)24)15-21-10-12-22(13-11-21)29(32)33-2/h3-5,7-8,10-13,15-16H,6,9,14,17-18H2,1-2H3/b25-15-. The van der Waals surface area contributed by atoms with E-state index in [0.717, 1.165) is 48.4 Å². The third-order valence-corrected chi connectivity index (χ3v) is 6.41. The van der Waals surface area contributed by atoms with E-state index in [0.29, 0.717) is 23.6 Å². The molecule has 0 unspecified atom stereocenters. The molecule has 0 amide bonds. The number of ketones is 1. The summed E-state index contributed by atoms with van der Waals surface area (Å²) < 4.78 is 16.8. The van der Waals surface area contributed by atoms with Gasteiger partial charge in [0.25, 0.3) is 0 Å². The van der Waals surface area contributed by atoms with Crippen LogP contribution in [-0.2, 0) is 17.7 Å². The molecule has 0 radical (unpaired) electrons. The molecule has 0 atom stereocenters. The van der Waals surface area contributed by atoms with E-state index < -0.39 is 5.97 Å². The number of carbonyl (C=O) groups is 2. The first-order chi connectivity index (χ1) is 17.0. The number of hydrogen-bond acceptors (Lipinski definition) is 6. The predicted octanol–water partition coefficient (Wildman–Crippen LogP) is 5.18. The predicted molar refractivity (Wildman–Crippen MR) is 133 cm³/mol. The molecule has 2 aliphatic heterocycles. The molecule has 2 aliphatic rings. The summed E-state index contributed by atoms with van der Waals surface area (Å²) >= 11 is 0. The summed E-state index contributed by atoms with van der Waals surface area (Å²) in [6.07, 6.45) is 3.75. The van der Waals surface area contributed by atoms with Gasteiger partial charge in [0, 0.05) is 24.2 Å². The van der Waals surface area contributed by atoms with Gasteiger partial charge in [-0.25, -0.2) is 4.79 Å². The van der Waals surface area contributed by atoms with Crippen LogP contribution in [0.3, 0.4) is 0 Å². The third kappa shape index (κ3) is 4.70. The van der Waals surface area contributed by atoms with Crippen molar-refractivity contribution in [3.8, 4) is 11.5 Å². The minimum Gasteiger partial charge on any atom is -0.477 e. The van der Waals surface area contributed by atoms with Gasteiger partial charge in [-0.1, -0.05) is 42.5 Å². The van der Waals surface area contributed by atoms with E-state index in [2.05, 4.69) is 29.2 Å². The first kappa shape index (κ1) is 22.9. The Morgan fingerprint density at radius 3 is 2.60 bits per heavy atom. The number of ether oxygens (including phenoxy) is 3. The quantitative estimate of drug-likeness (QED) is 0.366. The normalized spacial score (nSPS) is 15.8. The van der Waals surface area contributed by atoms with Gasteiger partial charge in [-0.2, -0.15) is 0 Å². The van der Waals surface area contributed by atoms with Gasteiger partial charge in [0.05, 0.1) is 18.2 Å². The van der Waals surface area contributed by atoms with Gasteiger partial charge in [0.15, 0.2) is 5.76 Å². The Morgan fingerprint density at radius 2 is 1.86 bits per heavy atom. The molecule has 0 saturated heterocycles. The van der Waals surface area contributed by atoms with E-state index >= 15 is 0 Å². The van der Waals surface area contributed by atoms with E-state index in [1.54, 1.807) is 30.3 Å². The Balaban J connectivity index is 1.30. The molecule has 2 heterocycles. The van der Waals surface area contributed by atoms with Crippen LogP contribution in [0.2, 0.25) is 0 Å². The summed E-state index contributed by atoms with van der Waals surface area (Å²) in [5.41, 5.74) is 4.96. The summed E-state index contributed by atoms with van der Waals surface area (Å²) in [4.78, 5) is 27.1. The van der Waals surface area contributed by atoms with E-state index in [9.17, 15) is 9.59 Å². The van der Waals surface area contributed by atoms with E-state index in [1.807, 2.05) is 19.1 Å². The minimum atomic E-state index is -0.403. The number of benzene rings is 3. The number of allylic oxidation sites excluding steroid dienone is 1. The van der Waals surface area contributed by atoms with Crippen molar-refractivity contribution in [2.75, 3.05) is 20.4 Å². The molecule has 0 saturated carbocycles. The number of carbonyl (C=O) groups excluding carboxylic acids is 2. The van der Waals surface area contributed by atoms with Crippen LogP contribution in [0.5, 0.6) is 11.5 Å². The SMILES string of the molecule is COC(=O)c1ccc(/C=C2\Oc3c(cc4c(c3C)OCN(CCCc3ccccc3)C4)C2=O)cc1. The molecule has 5 rings (SSSR count). The summed E-state index contributed by atoms with van der Waals surface area (Å²) in [5, 5.41) is 0. The average molecular weight is 470 g/mol. The van der Waals surface area contributed by atoms with Gasteiger partial charge in [-0.15, -0.1) is 0 Å². The molecule has 0 aliphatic carbocycles. The van der Waals surface area contributed by atoms with Crippen LogP contribution < -0.4 is 9.47 Å². The lowest BCUT2D eigenvalue weighted by molar-refractivity contribution is 0.0600. The first-order valence-corrected chi connectivity index (χ1v) is 11.7. The molecule has 3 aromatic rings. The number of esters is 1. The van der Waals surface area contributed by atoms with Crippen molar-refractivity contribution in [2.45, 2.75) is 26.3 Å². The molecule has 178 valence electrons. The lowest BCUT2D eigenvalue weighted by Crippen LogP contribution is -2.33. The highest BCUT2D eigenvalue weighted by molar-refractivity contribution is 6.15. The Bertz CT molecular complexity index is 1290. The number of Topliss-reactive ketones (excluding diaryl/α,β-unsaturated/α-hetero) is 1. The third-order valence-electron chi connectivity index (χ3n) is 6.41. The Hall–Kier alpha value is -3.90. The Morgan fingerprint density at radius 1 is 1.09 bits per heavy atom.